The maximum atomic E-state index is 14.4. The minimum Gasteiger partial charge on any atom is -0.508 e. The molecule has 5 rings (SSSR count). The number of aromatic amines is 1. The zero-order valence-corrected chi connectivity index (χ0v) is 50.8. The van der Waals surface area contributed by atoms with Crippen LogP contribution in [0.15, 0.2) is 128 Å². The lowest BCUT2D eigenvalue weighted by Gasteiger charge is -2.26. The van der Waals surface area contributed by atoms with E-state index in [0.717, 1.165) is 0 Å². The molecule has 5 aromatic rings. The van der Waals surface area contributed by atoms with Crippen molar-refractivity contribution in [1.29, 1.82) is 0 Å². The number of phenols is 1. The van der Waals surface area contributed by atoms with E-state index in [1.165, 1.54) is 36.8 Å². The van der Waals surface area contributed by atoms with E-state index in [1.807, 2.05) is 0 Å². The number of imidazole rings is 1. The van der Waals surface area contributed by atoms with Crippen molar-refractivity contribution >= 4 is 89.5 Å². The fourth-order valence-corrected chi connectivity index (χ4v) is 9.25. The van der Waals surface area contributed by atoms with Gasteiger partial charge in [0.2, 0.25) is 65.0 Å². The number of hydrogen-bond acceptors (Lipinski definition) is 18. The third-order valence-electron chi connectivity index (χ3n) is 13.9. The summed E-state index contributed by atoms with van der Waals surface area (Å²) in [5, 5.41) is 63.3. The summed E-state index contributed by atoms with van der Waals surface area (Å²) in [7, 11) is 0. The largest absolute Gasteiger partial charge is 0.508 e. The highest BCUT2D eigenvalue weighted by atomic mass is 32.1. The van der Waals surface area contributed by atoms with Gasteiger partial charge in [0.05, 0.1) is 38.5 Å². The number of aliphatic hydroxyl groups excluding tert-OH is 1. The van der Waals surface area contributed by atoms with Crippen molar-refractivity contribution in [3.8, 4) is 5.75 Å². The lowest BCUT2D eigenvalue weighted by molar-refractivity contribution is -0.142. The molecule has 1 aromatic heterocycles. The molecular formula is C61H74N14O17S. The van der Waals surface area contributed by atoms with Gasteiger partial charge in [-0.1, -0.05) is 103 Å². The number of carboxylic acid groups (broad SMARTS) is 2. The lowest BCUT2D eigenvalue weighted by atomic mass is 10.0. The number of nitrogens with zero attached hydrogens (tertiary/aromatic N) is 1. The molecule has 0 bridgehead atoms. The normalized spacial score (nSPS) is 13.8. The first-order valence-corrected chi connectivity index (χ1v) is 29.6. The van der Waals surface area contributed by atoms with E-state index in [2.05, 4.69) is 75.8 Å². The molecule has 0 aliphatic heterocycles. The van der Waals surface area contributed by atoms with Gasteiger partial charge in [-0.15, -0.1) is 0 Å². The number of primary amides is 1. The van der Waals surface area contributed by atoms with Crippen molar-refractivity contribution in [3.63, 3.8) is 0 Å². The highest BCUT2D eigenvalue weighted by Crippen LogP contribution is 2.14. The van der Waals surface area contributed by atoms with Gasteiger partial charge in [-0.05, 0) is 40.8 Å². The van der Waals surface area contributed by atoms with Crippen LogP contribution >= 0.6 is 12.6 Å². The predicted molar refractivity (Wildman–Crippen MR) is 333 cm³/mol. The molecule has 0 aliphatic rings. The number of hydrogen-bond donors (Lipinski definition) is 18. The number of carbonyl (C=O) groups excluding carboxylic acids is 11. The molecule has 496 valence electrons. The number of benzene rings is 4. The molecule has 32 heteroatoms. The van der Waals surface area contributed by atoms with Gasteiger partial charge in [-0.3, -0.25) is 57.5 Å². The molecule has 0 fully saturated rings. The number of carboxylic acids is 2. The summed E-state index contributed by atoms with van der Waals surface area (Å²) < 4.78 is 0. The van der Waals surface area contributed by atoms with Gasteiger partial charge in [-0.2, -0.15) is 12.6 Å². The van der Waals surface area contributed by atoms with Crippen molar-refractivity contribution in [1.82, 2.24) is 63.1 Å². The van der Waals surface area contributed by atoms with Crippen LogP contribution in [0.3, 0.4) is 0 Å². The Labute approximate surface area is 537 Å². The van der Waals surface area contributed by atoms with E-state index in [-0.39, 0.29) is 37.9 Å². The van der Waals surface area contributed by atoms with Crippen LogP contribution < -0.4 is 64.6 Å². The third-order valence-corrected chi connectivity index (χ3v) is 14.3. The fraction of sp³-hybridized carbons (Fsp3) is 0.344. The van der Waals surface area contributed by atoms with Crippen LogP contribution in [0.2, 0.25) is 0 Å². The van der Waals surface area contributed by atoms with Crippen LogP contribution in [0.5, 0.6) is 5.75 Å². The number of nitrogens with one attached hydrogen (secondary N) is 11. The number of H-pyrrole nitrogens is 1. The van der Waals surface area contributed by atoms with E-state index in [9.17, 15) is 82.8 Å². The van der Waals surface area contributed by atoms with Gasteiger partial charge < -0.3 is 90.0 Å². The minimum atomic E-state index is -1.79. The smallest absolute Gasteiger partial charge is 0.326 e. The first-order chi connectivity index (χ1) is 44.4. The van der Waals surface area contributed by atoms with Gasteiger partial charge in [0.15, 0.2) is 0 Å². The highest BCUT2D eigenvalue weighted by molar-refractivity contribution is 7.80. The summed E-state index contributed by atoms with van der Waals surface area (Å²) in [6.45, 7) is -2.62. The molecule has 0 aliphatic carbocycles. The molecule has 0 unspecified atom stereocenters. The summed E-state index contributed by atoms with van der Waals surface area (Å²) in [5.41, 5.74) is 14.0. The molecule has 9 atom stereocenters. The Bertz CT molecular complexity index is 3370. The summed E-state index contributed by atoms with van der Waals surface area (Å²) in [6, 6.07) is 16.7. The Morgan fingerprint density at radius 1 is 0.473 bits per heavy atom. The predicted octanol–water partition coefficient (Wildman–Crippen LogP) is -4.19. The number of nitrogens with two attached hydrogens (primary N) is 2. The monoisotopic (exact) mass is 1310 g/mol. The van der Waals surface area contributed by atoms with Crippen molar-refractivity contribution in [3.05, 3.63) is 156 Å². The molecule has 0 saturated carbocycles. The van der Waals surface area contributed by atoms with E-state index in [1.54, 1.807) is 91.0 Å². The summed E-state index contributed by atoms with van der Waals surface area (Å²) >= 11 is 4.12. The van der Waals surface area contributed by atoms with Gasteiger partial charge >= 0.3 is 11.9 Å². The van der Waals surface area contributed by atoms with Crippen LogP contribution in [0.1, 0.15) is 47.2 Å². The Kier molecular flexibility index (Phi) is 29.4. The third kappa shape index (κ3) is 25.6. The van der Waals surface area contributed by atoms with E-state index in [0.29, 0.717) is 27.9 Å². The number of carbonyl (C=O) groups is 13. The van der Waals surface area contributed by atoms with Crippen molar-refractivity contribution in [2.45, 2.75) is 106 Å². The molecule has 0 spiro atoms. The molecule has 11 amide bonds. The number of aliphatic hydroxyl groups is 1. The summed E-state index contributed by atoms with van der Waals surface area (Å²) in [4.78, 5) is 179. The molecule has 0 saturated heterocycles. The topological polar surface area (TPSA) is 504 Å². The summed E-state index contributed by atoms with van der Waals surface area (Å²) in [5.74, 6) is -14.4. The molecule has 1 heterocycles. The van der Waals surface area contributed by atoms with E-state index in [4.69, 9.17) is 11.5 Å². The van der Waals surface area contributed by atoms with Crippen LogP contribution in [-0.4, -0.2) is 187 Å². The average molecular weight is 1310 g/mol. The Morgan fingerprint density at radius 2 is 0.892 bits per heavy atom. The van der Waals surface area contributed by atoms with Crippen molar-refractivity contribution < 1.29 is 82.8 Å². The van der Waals surface area contributed by atoms with Crippen molar-refractivity contribution in [2.75, 3.05) is 25.4 Å². The number of aromatic hydroxyl groups is 1. The lowest BCUT2D eigenvalue weighted by Crippen LogP contribution is -2.60. The van der Waals surface area contributed by atoms with E-state index < -0.39 is 176 Å². The SMILES string of the molecule is NC(=O)C[C@H](NC(=O)[C@H](Cc1ccccc1)NC(=O)[C@H](CO)NC(=O)[C@@H](N)Cc1cnc[nH]1)C(=O)N[C@@H](CS)C(=O)NCC(=O)NCC(=O)N[C@@H](CCC(=O)O)C(=O)N[C@@H](Cc1ccccc1)C(=O)N[C@@H](Cc1ccccc1)C(=O)N[C@@H](Cc1ccc(O)cc1)C(=O)O. The fourth-order valence-electron chi connectivity index (χ4n) is 9.00. The van der Waals surface area contributed by atoms with Crippen LogP contribution in [0.4, 0.5) is 0 Å². The number of aromatic nitrogens is 2. The number of thiol groups is 1. The van der Waals surface area contributed by atoms with Crippen LogP contribution in [0.25, 0.3) is 0 Å². The first kappa shape index (κ1) is 73.0. The Balaban J connectivity index is 1.21. The molecule has 93 heavy (non-hydrogen) atoms. The van der Waals surface area contributed by atoms with Crippen LogP contribution in [-0.2, 0) is 94.4 Å². The second kappa shape index (κ2) is 37.4. The highest BCUT2D eigenvalue weighted by Gasteiger charge is 2.35. The zero-order valence-electron chi connectivity index (χ0n) is 50.0. The molecular weight excluding hydrogens is 1230 g/mol. The van der Waals surface area contributed by atoms with Gasteiger partial charge in [0.1, 0.15) is 54.1 Å². The summed E-state index contributed by atoms with van der Waals surface area (Å²) in [6.07, 6.45) is -0.0115. The Hall–Kier alpha value is -10.7. The first-order valence-electron chi connectivity index (χ1n) is 28.9. The number of amides is 11. The second-order valence-electron chi connectivity index (χ2n) is 21.2. The number of rotatable bonds is 38. The maximum absolute atomic E-state index is 14.4. The zero-order chi connectivity index (χ0) is 68.0. The van der Waals surface area contributed by atoms with Crippen molar-refractivity contribution in [2.24, 2.45) is 11.5 Å². The second-order valence-corrected chi connectivity index (χ2v) is 21.5. The number of aliphatic carboxylic acids is 2. The quantitative estimate of drug-likeness (QED) is 0.0167. The number of phenolic OH excluding ortho intramolecular Hbond substituents is 1. The van der Waals surface area contributed by atoms with Gasteiger partial charge in [-0.25, -0.2) is 9.78 Å². The molecule has 4 aromatic carbocycles. The molecule has 19 N–H and O–H groups in total. The minimum absolute atomic E-state index is 0.00384. The molecule has 31 nitrogen and oxygen atoms in total. The Morgan fingerprint density at radius 3 is 1.34 bits per heavy atom. The maximum Gasteiger partial charge on any atom is 0.326 e. The van der Waals surface area contributed by atoms with Gasteiger partial charge in [0.25, 0.3) is 0 Å². The van der Waals surface area contributed by atoms with Gasteiger partial charge in [0, 0.05) is 56.2 Å². The average Bonchev–Trinajstić information content (AvgIpc) is 1.26. The van der Waals surface area contributed by atoms with E-state index >= 15 is 0 Å². The standard InChI is InChI=1S/C61H74N14O17S/c62-40(26-38-28-64-33-67-38)53(83)74-47(31-76)60(90)71-43(23-35-12-6-2-7-13-35)57(87)72-45(27-49(63)78)59(89)75-48(32-93)54(84)66-29-50(79)65-30-51(80)68-41(20-21-52(81)82)55(85)69-42(22-34-10-4-1-5-11-34)56(86)70-44(24-36-14-8-3-9-15-36)58(88)73-46(61(91)92)25-37-16-18-39(77)19-17-37/h1-19,28,33,40-48,76-77,93H,20-27,29-32,62H2,(H2,63,78)(H,64,67)(H,65,79)(H,66,84)(H,68,80)(H,69,85)(H,70,86)(H,71,90)(H,72,87)(H,73,88)(H,74,83)(H,75,89)(H,81,82)(H,91,92)/t40-,41-,42-,43-,44-,45-,46-,47-,48-/m0/s1. The molecule has 0 radical (unpaired) electrons. The van der Waals surface area contributed by atoms with Crippen LogP contribution in [0, 0.1) is 0 Å².